The van der Waals surface area contributed by atoms with Crippen molar-refractivity contribution in [1.82, 2.24) is 9.55 Å². The number of carbonyl (C=O) groups is 1. The van der Waals surface area contributed by atoms with Crippen LogP contribution in [0.25, 0.3) is 16.6 Å². The van der Waals surface area contributed by atoms with Crippen LogP contribution in [0.1, 0.15) is 12.0 Å². The number of hydrogen-bond donors (Lipinski definition) is 1. The number of hydrogen-bond acceptors (Lipinski definition) is 5. The average Bonchev–Trinajstić information content (AvgIpc) is 2.79. The molecule has 2 aromatic heterocycles. The number of anilines is 2. The summed E-state index contributed by atoms with van der Waals surface area (Å²) in [6.45, 7) is 0. The van der Waals surface area contributed by atoms with Gasteiger partial charge in [0.15, 0.2) is 5.43 Å². The van der Waals surface area contributed by atoms with E-state index < -0.39 is 0 Å². The Hall–Kier alpha value is -3.93. The fourth-order valence-electron chi connectivity index (χ4n) is 3.46. The summed E-state index contributed by atoms with van der Waals surface area (Å²) in [5.74, 6) is 0.328. The summed E-state index contributed by atoms with van der Waals surface area (Å²) in [5.41, 5.74) is 3.15. The number of aromatic nitrogens is 2. The summed E-state index contributed by atoms with van der Waals surface area (Å²) in [4.78, 5) is 28.9. The zero-order chi connectivity index (χ0) is 20.9. The number of fused-ring (bicyclic) bond motifs is 1. The van der Waals surface area contributed by atoms with Crippen molar-refractivity contribution in [2.45, 2.75) is 12.8 Å². The molecule has 0 radical (unpaired) electrons. The van der Waals surface area contributed by atoms with Gasteiger partial charge in [0, 0.05) is 36.3 Å². The average molecular weight is 399 g/mol. The third-order valence-corrected chi connectivity index (χ3v) is 4.88. The number of carbonyl (C=O) groups excluding carboxylic acids is 1. The fraction of sp³-hybridized carbons (Fsp3) is 0.125. The Morgan fingerprint density at radius 3 is 2.43 bits per heavy atom. The van der Waals surface area contributed by atoms with Crippen LogP contribution < -0.4 is 10.7 Å². The molecule has 0 bridgehead atoms. The van der Waals surface area contributed by atoms with Crippen LogP contribution in [0.4, 0.5) is 11.5 Å². The van der Waals surface area contributed by atoms with Crippen molar-refractivity contribution in [1.29, 1.82) is 0 Å². The van der Waals surface area contributed by atoms with Crippen LogP contribution in [-0.2, 0) is 16.0 Å². The van der Waals surface area contributed by atoms with E-state index in [1.165, 1.54) is 7.11 Å². The lowest BCUT2D eigenvalue weighted by Crippen LogP contribution is -2.15. The van der Waals surface area contributed by atoms with Crippen molar-refractivity contribution in [3.8, 4) is 5.69 Å². The van der Waals surface area contributed by atoms with Gasteiger partial charge in [-0.1, -0.05) is 36.4 Å². The SMILES string of the molecule is COC(=O)CCc1cncc2c(=O)cc(Nc3ccccc3)n(-c3ccccc3)c12. The van der Waals surface area contributed by atoms with Gasteiger partial charge in [0.1, 0.15) is 5.82 Å². The topological polar surface area (TPSA) is 73.2 Å². The van der Waals surface area contributed by atoms with E-state index in [0.29, 0.717) is 17.6 Å². The molecule has 4 aromatic rings. The standard InChI is InChI=1S/C24H21N3O3/c1-30-23(29)13-12-17-15-25-16-20-21(28)14-22(26-18-8-4-2-5-9-18)27(24(17)20)19-10-6-3-7-11-19/h2-11,14-16,26H,12-13H2,1H3. The predicted octanol–water partition coefficient (Wildman–Crippen LogP) is 4.23. The molecule has 0 saturated heterocycles. The second kappa shape index (κ2) is 8.61. The lowest BCUT2D eigenvalue weighted by molar-refractivity contribution is -0.140. The lowest BCUT2D eigenvalue weighted by Gasteiger charge is -2.20. The zero-order valence-corrected chi connectivity index (χ0v) is 16.5. The molecule has 0 aliphatic heterocycles. The maximum absolute atomic E-state index is 12.9. The molecule has 2 aromatic carbocycles. The smallest absolute Gasteiger partial charge is 0.305 e. The number of ether oxygens (including phenoxy) is 1. The number of methoxy groups -OCH3 is 1. The molecule has 2 heterocycles. The van der Waals surface area contributed by atoms with Gasteiger partial charge in [-0.15, -0.1) is 0 Å². The Morgan fingerprint density at radius 1 is 1.03 bits per heavy atom. The first-order chi connectivity index (χ1) is 14.7. The number of benzene rings is 2. The second-order valence-electron chi connectivity index (χ2n) is 6.83. The van der Waals surface area contributed by atoms with E-state index in [9.17, 15) is 9.59 Å². The number of para-hydroxylation sites is 2. The molecular formula is C24H21N3O3. The molecule has 0 saturated carbocycles. The Labute approximate surface area is 173 Å². The van der Waals surface area contributed by atoms with Gasteiger partial charge in [0.05, 0.1) is 18.0 Å². The Kier molecular flexibility index (Phi) is 5.57. The number of aryl methyl sites for hydroxylation is 1. The predicted molar refractivity (Wildman–Crippen MR) is 117 cm³/mol. The number of nitrogens with zero attached hydrogens (tertiary/aromatic N) is 2. The Balaban J connectivity index is 1.96. The van der Waals surface area contributed by atoms with Gasteiger partial charge in [-0.05, 0) is 36.2 Å². The lowest BCUT2D eigenvalue weighted by atomic mass is 10.1. The molecule has 6 nitrogen and oxygen atoms in total. The number of nitrogens with one attached hydrogen (secondary N) is 1. The van der Waals surface area contributed by atoms with Gasteiger partial charge in [-0.2, -0.15) is 0 Å². The third kappa shape index (κ3) is 3.93. The van der Waals surface area contributed by atoms with Crippen molar-refractivity contribution in [2.24, 2.45) is 0 Å². The van der Waals surface area contributed by atoms with E-state index in [4.69, 9.17) is 4.74 Å². The third-order valence-electron chi connectivity index (χ3n) is 4.88. The van der Waals surface area contributed by atoms with Gasteiger partial charge >= 0.3 is 5.97 Å². The van der Waals surface area contributed by atoms with E-state index in [1.807, 2.05) is 65.2 Å². The first kappa shape index (κ1) is 19.4. The van der Waals surface area contributed by atoms with Crippen LogP contribution >= 0.6 is 0 Å². The van der Waals surface area contributed by atoms with Crippen molar-refractivity contribution in [3.05, 3.63) is 94.9 Å². The van der Waals surface area contributed by atoms with Gasteiger partial charge in [0.25, 0.3) is 0 Å². The molecule has 0 spiro atoms. The number of pyridine rings is 2. The summed E-state index contributed by atoms with van der Waals surface area (Å²) >= 11 is 0. The summed E-state index contributed by atoms with van der Waals surface area (Å²) < 4.78 is 6.78. The molecule has 0 aliphatic rings. The van der Waals surface area contributed by atoms with Crippen LogP contribution in [0.2, 0.25) is 0 Å². The molecule has 6 heteroatoms. The van der Waals surface area contributed by atoms with Crippen LogP contribution in [0, 0.1) is 0 Å². The van der Waals surface area contributed by atoms with Crippen molar-refractivity contribution in [2.75, 3.05) is 12.4 Å². The van der Waals surface area contributed by atoms with Crippen LogP contribution in [-0.4, -0.2) is 22.6 Å². The molecule has 0 atom stereocenters. The van der Waals surface area contributed by atoms with Crippen molar-refractivity contribution < 1.29 is 9.53 Å². The zero-order valence-electron chi connectivity index (χ0n) is 16.5. The minimum atomic E-state index is -0.306. The monoisotopic (exact) mass is 399 g/mol. The number of rotatable bonds is 6. The van der Waals surface area contributed by atoms with E-state index in [2.05, 4.69) is 10.3 Å². The highest BCUT2D eigenvalue weighted by Crippen LogP contribution is 2.27. The summed E-state index contributed by atoms with van der Waals surface area (Å²) in [7, 11) is 1.37. The first-order valence-electron chi connectivity index (χ1n) is 9.64. The van der Waals surface area contributed by atoms with Gasteiger partial charge < -0.3 is 10.1 Å². The molecular weight excluding hydrogens is 378 g/mol. The highest BCUT2D eigenvalue weighted by atomic mass is 16.5. The Bertz CT molecular complexity index is 1240. The molecule has 0 aliphatic carbocycles. The van der Waals surface area contributed by atoms with Crippen LogP contribution in [0.5, 0.6) is 0 Å². The second-order valence-corrected chi connectivity index (χ2v) is 6.83. The quantitative estimate of drug-likeness (QED) is 0.491. The normalized spacial score (nSPS) is 10.7. The summed E-state index contributed by atoms with van der Waals surface area (Å²) in [6.07, 6.45) is 3.90. The maximum Gasteiger partial charge on any atom is 0.305 e. The molecule has 0 unspecified atom stereocenters. The molecule has 0 fully saturated rings. The highest BCUT2D eigenvalue weighted by molar-refractivity contribution is 5.86. The molecule has 150 valence electrons. The minimum absolute atomic E-state index is 0.136. The van der Waals surface area contributed by atoms with E-state index in [-0.39, 0.29) is 17.8 Å². The molecule has 1 N–H and O–H groups in total. The highest BCUT2D eigenvalue weighted by Gasteiger charge is 2.16. The van der Waals surface area contributed by atoms with Crippen LogP contribution in [0.3, 0.4) is 0 Å². The Morgan fingerprint density at radius 2 is 1.73 bits per heavy atom. The number of esters is 1. The minimum Gasteiger partial charge on any atom is -0.469 e. The van der Waals surface area contributed by atoms with Gasteiger partial charge in [0.2, 0.25) is 0 Å². The summed E-state index contributed by atoms with van der Waals surface area (Å²) in [5, 5.41) is 3.86. The first-order valence-corrected chi connectivity index (χ1v) is 9.64. The largest absolute Gasteiger partial charge is 0.469 e. The van der Waals surface area contributed by atoms with E-state index in [0.717, 1.165) is 22.5 Å². The molecule has 4 rings (SSSR count). The van der Waals surface area contributed by atoms with Gasteiger partial charge in [-0.25, -0.2) is 0 Å². The van der Waals surface area contributed by atoms with Gasteiger partial charge in [-0.3, -0.25) is 19.1 Å². The fourth-order valence-corrected chi connectivity index (χ4v) is 3.46. The van der Waals surface area contributed by atoms with Crippen molar-refractivity contribution >= 4 is 28.4 Å². The molecule has 30 heavy (non-hydrogen) atoms. The summed E-state index contributed by atoms with van der Waals surface area (Å²) in [6, 6.07) is 21.0. The van der Waals surface area contributed by atoms with E-state index >= 15 is 0 Å². The van der Waals surface area contributed by atoms with Crippen molar-refractivity contribution in [3.63, 3.8) is 0 Å². The maximum atomic E-state index is 12.9. The van der Waals surface area contributed by atoms with Crippen LogP contribution in [0.15, 0.2) is 83.9 Å². The van der Waals surface area contributed by atoms with E-state index in [1.54, 1.807) is 18.5 Å². The molecule has 0 amide bonds.